The highest BCUT2D eigenvalue weighted by Crippen LogP contribution is 2.31. The Morgan fingerprint density at radius 2 is 1.59 bits per heavy atom. The van der Waals surface area contributed by atoms with Gasteiger partial charge in [-0.15, -0.1) is 0 Å². The number of rotatable bonds is 6. The molecule has 1 fully saturated rings. The average molecular weight is 451 g/mol. The number of anilines is 1. The number of benzene rings is 3. The summed E-state index contributed by atoms with van der Waals surface area (Å²) >= 11 is 0. The minimum atomic E-state index is -3.93. The van der Waals surface area contributed by atoms with Crippen molar-refractivity contribution in [3.8, 4) is 16.9 Å². The van der Waals surface area contributed by atoms with Crippen LogP contribution in [0.25, 0.3) is 11.1 Å². The molecule has 0 radical (unpaired) electrons. The van der Waals surface area contributed by atoms with Crippen LogP contribution in [0.5, 0.6) is 5.75 Å². The maximum absolute atomic E-state index is 13.3. The van der Waals surface area contributed by atoms with Crippen LogP contribution >= 0.6 is 0 Å². The lowest BCUT2D eigenvalue weighted by atomic mass is 10.0. The molecule has 0 unspecified atom stereocenters. The molecule has 1 aliphatic heterocycles. The van der Waals surface area contributed by atoms with Crippen molar-refractivity contribution in [2.45, 2.75) is 24.2 Å². The van der Waals surface area contributed by atoms with E-state index < -0.39 is 10.0 Å². The summed E-state index contributed by atoms with van der Waals surface area (Å²) in [6.45, 7) is 1.34. The number of carbonyl (C=O) groups is 1. The lowest BCUT2D eigenvalue weighted by Gasteiger charge is -2.27. The molecule has 0 bridgehead atoms. The van der Waals surface area contributed by atoms with Gasteiger partial charge in [-0.1, -0.05) is 48.5 Å². The standard InChI is InChI=1S/C25H26N2O4S/c1-31-24-15-14-20(18-22(24)25(28)27-16-8-3-9-17-27)32(29,30)26-23-13-7-6-12-21(23)19-10-4-2-5-11-19/h2,4-7,10-15,18,26H,3,8-9,16-17H2,1H3. The quantitative estimate of drug-likeness (QED) is 0.586. The van der Waals surface area contributed by atoms with Crippen LogP contribution in [0.1, 0.15) is 29.6 Å². The van der Waals surface area contributed by atoms with Crippen LogP contribution in [0.3, 0.4) is 0 Å². The molecule has 1 heterocycles. The van der Waals surface area contributed by atoms with Crippen LogP contribution in [0.4, 0.5) is 5.69 Å². The molecule has 32 heavy (non-hydrogen) atoms. The van der Waals surface area contributed by atoms with Crippen molar-refractivity contribution in [2.24, 2.45) is 0 Å². The Bertz CT molecular complexity index is 1200. The summed E-state index contributed by atoms with van der Waals surface area (Å²) in [5.74, 6) is 0.160. The van der Waals surface area contributed by atoms with Crippen LogP contribution in [0.2, 0.25) is 0 Å². The van der Waals surface area contributed by atoms with E-state index in [0.717, 1.165) is 30.4 Å². The Balaban J connectivity index is 1.67. The highest BCUT2D eigenvalue weighted by atomic mass is 32.2. The van der Waals surface area contributed by atoms with E-state index in [1.807, 2.05) is 42.5 Å². The SMILES string of the molecule is COc1ccc(S(=O)(=O)Nc2ccccc2-c2ccccc2)cc1C(=O)N1CCCCC1. The van der Waals surface area contributed by atoms with Crippen molar-refractivity contribution in [3.05, 3.63) is 78.4 Å². The van der Waals surface area contributed by atoms with Gasteiger partial charge in [-0.2, -0.15) is 0 Å². The summed E-state index contributed by atoms with van der Waals surface area (Å²) < 4.78 is 34.6. The van der Waals surface area contributed by atoms with Crippen LogP contribution in [-0.4, -0.2) is 39.4 Å². The second-order valence-electron chi connectivity index (χ2n) is 7.73. The molecule has 1 saturated heterocycles. The molecule has 7 heteroatoms. The zero-order valence-electron chi connectivity index (χ0n) is 18.0. The fourth-order valence-corrected chi connectivity index (χ4v) is 5.04. The summed E-state index contributed by atoms with van der Waals surface area (Å²) in [4.78, 5) is 14.9. The van der Waals surface area contributed by atoms with Gasteiger partial charge < -0.3 is 9.64 Å². The van der Waals surface area contributed by atoms with Crippen molar-refractivity contribution < 1.29 is 17.9 Å². The van der Waals surface area contributed by atoms with Crippen molar-refractivity contribution in [2.75, 3.05) is 24.9 Å². The molecule has 1 aliphatic rings. The summed E-state index contributed by atoms with van der Waals surface area (Å²) in [6, 6.07) is 21.2. The molecule has 0 aromatic heterocycles. The smallest absolute Gasteiger partial charge is 0.261 e. The molecule has 3 aromatic rings. The van der Waals surface area contributed by atoms with Crippen LogP contribution in [0, 0.1) is 0 Å². The molecule has 166 valence electrons. The number of nitrogens with one attached hydrogen (secondary N) is 1. The number of sulfonamides is 1. The van der Waals surface area contributed by atoms with Crippen molar-refractivity contribution in [1.82, 2.24) is 4.90 Å². The van der Waals surface area contributed by atoms with E-state index in [0.29, 0.717) is 24.5 Å². The van der Waals surface area contributed by atoms with E-state index in [4.69, 9.17) is 4.74 Å². The second-order valence-corrected chi connectivity index (χ2v) is 9.41. The topological polar surface area (TPSA) is 75.7 Å². The molecule has 1 N–H and O–H groups in total. The molecule has 6 nitrogen and oxygen atoms in total. The van der Waals surface area contributed by atoms with E-state index in [9.17, 15) is 13.2 Å². The largest absolute Gasteiger partial charge is 0.496 e. The van der Waals surface area contributed by atoms with Crippen LogP contribution in [0.15, 0.2) is 77.7 Å². The normalized spacial score (nSPS) is 14.1. The molecular weight excluding hydrogens is 424 g/mol. The van der Waals surface area contributed by atoms with Gasteiger partial charge in [0.1, 0.15) is 5.75 Å². The molecule has 0 atom stereocenters. The maximum Gasteiger partial charge on any atom is 0.261 e. The minimum Gasteiger partial charge on any atom is -0.496 e. The van der Waals surface area contributed by atoms with E-state index in [-0.39, 0.29) is 16.4 Å². The average Bonchev–Trinajstić information content (AvgIpc) is 2.84. The predicted octanol–water partition coefficient (Wildman–Crippen LogP) is 4.79. The number of carbonyl (C=O) groups excluding carboxylic acids is 1. The number of amides is 1. The van der Waals surface area contributed by atoms with Gasteiger partial charge in [0, 0.05) is 18.7 Å². The van der Waals surface area contributed by atoms with Gasteiger partial charge >= 0.3 is 0 Å². The summed E-state index contributed by atoms with van der Waals surface area (Å²) in [7, 11) is -2.45. The van der Waals surface area contributed by atoms with Gasteiger partial charge in [-0.25, -0.2) is 8.42 Å². The fourth-order valence-electron chi connectivity index (χ4n) is 3.93. The number of likely N-dealkylation sites (tertiary alicyclic amines) is 1. The molecule has 0 saturated carbocycles. The zero-order chi connectivity index (χ0) is 22.6. The molecule has 3 aromatic carbocycles. The molecule has 0 aliphatic carbocycles. The first kappa shape index (κ1) is 21.9. The van der Waals surface area contributed by atoms with Crippen LogP contribution < -0.4 is 9.46 Å². The van der Waals surface area contributed by atoms with Crippen LogP contribution in [-0.2, 0) is 10.0 Å². The number of ether oxygens (including phenoxy) is 1. The number of piperidine rings is 1. The van der Waals surface area contributed by atoms with Gasteiger partial charge in [-0.3, -0.25) is 9.52 Å². The molecule has 1 amide bonds. The first-order chi connectivity index (χ1) is 15.5. The Kier molecular flexibility index (Phi) is 6.46. The third-order valence-corrected chi connectivity index (χ3v) is 6.97. The highest BCUT2D eigenvalue weighted by molar-refractivity contribution is 7.92. The lowest BCUT2D eigenvalue weighted by Crippen LogP contribution is -2.35. The number of methoxy groups -OCH3 is 1. The first-order valence-electron chi connectivity index (χ1n) is 10.6. The Hall–Kier alpha value is -3.32. The molecule has 0 spiro atoms. The van der Waals surface area contributed by atoms with Crippen molar-refractivity contribution in [3.63, 3.8) is 0 Å². The summed E-state index contributed by atoms with van der Waals surface area (Å²) in [5.41, 5.74) is 2.41. The number of hydrogen-bond acceptors (Lipinski definition) is 4. The molecular formula is C25H26N2O4S. The van der Waals surface area contributed by atoms with E-state index in [2.05, 4.69) is 4.72 Å². The molecule has 4 rings (SSSR count). The number of hydrogen-bond donors (Lipinski definition) is 1. The van der Waals surface area contributed by atoms with Gasteiger partial charge in [0.2, 0.25) is 0 Å². The van der Waals surface area contributed by atoms with E-state index in [1.165, 1.54) is 25.3 Å². The van der Waals surface area contributed by atoms with Crippen molar-refractivity contribution >= 4 is 21.6 Å². The third kappa shape index (κ3) is 4.62. The van der Waals surface area contributed by atoms with Gasteiger partial charge in [0.15, 0.2) is 0 Å². The monoisotopic (exact) mass is 450 g/mol. The van der Waals surface area contributed by atoms with E-state index in [1.54, 1.807) is 17.0 Å². The number of nitrogens with zero attached hydrogens (tertiary/aromatic N) is 1. The Morgan fingerprint density at radius 3 is 2.31 bits per heavy atom. The van der Waals surface area contributed by atoms with Crippen molar-refractivity contribution in [1.29, 1.82) is 0 Å². The van der Waals surface area contributed by atoms with Gasteiger partial charge in [-0.05, 0) is 49.1 Å². The number of para-hydroxylation sites is 1. The Morgan fingerprint density at radius 1 is 0.906 bits per heavy atom. The minimum absolute atomic E-state index is 0.0153. The summed E-state index contributed by atoms with van der Waals surface area (Å²) in [5, 5.41) is 0. The lowest BCUT2D eigenvalue weighted by molar-refractivity contribution is 0.0720. The third-order valence-electron chi connectivity index (χ3n) is 5.61. The highest BCUT2D eigenvalue weighted by Gasteiger charge is 2.25. The van der Waals surface area contributed by atoms with Gasteiger partial charge in [0.05, 0.1) is 23.3 Å². The maximum atomic E-state index is 13.3. The fraction of sp³-hybridized carbons (Fsp3) is 0.240. The second kappa shape index (κ2) is 9.44. The Labute approximate surface area is 188 Å². The van der Waals surface area contributed by atoms with E-state index >= 15 is 0 Å². The van der Waals surface area contributed by atoms with Gasteiger partial charge in [0.25, 0.3) is 15.9 Å². The zero-order valence-corrected chi connectivity index (χ0v) is 18.8. The predicted molar refractivity (Wildman–Crippen MR) is 125 cm³/mol. The first-order valence-corrected chi connectivity index (χ1v) is 12.1. The summed E-state index contributed by atoms with van der Waals surface area (Å²) in [6.07, 6.45) is 2.99.